The Morgan fingerprint density at radius 2 is 2.08 bits per heavy atom. The summed E-state index contributed by atoms with van der Waals surface area (Å²) in [6.07, 6.45) is 0. The van der Waals surface area contributed by atoms with Gasteiger partial charge >= 0.3 is 0 Å². The Morgan fingerprint density at radius 1 is 1.32 bits per heavy atom. The summed E-state index contributed by atoms with van der Waals surface area (Å²) in [5.41, 5.74) is 1.02. The van der Waals surface area contributed by atoms with Crippen LogP contribution in [0.2, 0.25) is 0 Å². The van der Waals surface area contributed by atoms with Crippen molar-refractivity contribution in [2.24, 2.45) is 0 Å². The molecule has 0 bridgehead atoms. The molecule has 3 aromatic rings. The second kappa shape index (κ2) is 6.58. The zero-order valence-electron chi connectivity index (χ0n) is 12.6. The van der Waals surface area contributed by atoms with E-state index < -0.39 is 14.9 Å². The van der Waals surface area contributed by atoms with Crippen molar-refractivity contribution in [1.29, 1.82) is 0 Å². The molecule has 0 fully saturated rings. The van der Waals surface area contributed by atoms with E-state index in [4.69, 9.17) is 4.52 Å². The molecule has 2 aromatic heterocycles. The molecule has 0 aliphatic carbocycles. The van der Waals surface area contributed by atoms with E-state index in [-0.39, 0.29) is 15.8 Å². The number of sulfonamides is 1. The molecule has 2 heterocycles. The van der Waals surface area contributed by atoms with Gasteiger partial charge in [-0.25, -0.2) is 13.1 Å². The molecular formula is C14H10BrN3O5S2. The third-order valence-electron chi connectivity index (χ3n) is 3.21. The first-order chi connectivity index (χ1) is 11.8. The number of nitro groups is 1. The molecule has 1 N–H and O–H groups in total. The zero-order valence-corrected chi connectivity index (χ0v) is 15.8. The van der Waals surface area contributed by atoms with Crippen LogP contribution in [0.3, 0.4) is 0 Å². The molecule has 0 spiro atoms. The number of aromatic nitrogens is 1. The fourth-order valence-corrected chi connectivity index (χ4v) is 4.66. The minimum Gasteiger partial charge on any atom is -0.336 e. The number of rotatable bonds is 5. The first kappa shape index (κ1) is 17.6. The molecule has 0 amide bonds. The second-order valence-corrected chi connectivity index (χ2v) is 8.73. The quantitative estimate of drug-likeness (QED) is 0.466. The van der Waals surface area contributed by atoms with Crippen molar-refractivity contribution >= 4 is 48.9 Å². The number of nitrogens with one attached hydrogen (secondary N) is 1. The largest absolute Gasteiger partial charge is 0.336 e. The van der Waals surface area contributed by atoms with Crippen molar-refractivity contribution in [3.05, 3.63) is 56.7 Å². The number of halogens is 1. The number of benzene rings is 1. The number of nitrogens with zero attached hydrogens (tertiary/aromatic N) is 2. The summed E-state index contributed by atoms with van der Waals surface area (Å²) in [5, 5.41) is 14.5. The highest BCUT2D eigenvalue weighted by Crippen LogP contribution is 2.34. The zero-order chi connectivity index (χ0) is 18.2. The summed E-state index contributed by atoms with van der Waals surface area (Å²) in [7, 11) is -3.87. The summed E-state index contributed by atoms with van der Waals surface area (Å²) in [4.78, 5) is 11.0. The van der Waals surface area contributed by atoms with Gasteiger partial charge in [-0.05, 0) is 40.5 Å². The lowest BCUT2D eigenvalue weighted by Gasteiger charge is -2.02. The van der Waals surface area contributed by atoms with E-state index in [1.165, 1.54) is 18.2 Å². The van der Waals surface area contributed by atoms with E-state index in [0.29, 0.717) is 20.6 Å². The fraction of sp³-hybridized carbons (Fsp3) is 0.0714. The van der Waals surface area contributed by atoms with Crippen LogP contribution in [-0.4, -0.2) is 18.5 Å². The summed E-state index contributed by atoms with van der Waals surface area (Å²) < 4.78 is 32.6. The van der Waals surface area contributed by atoms with Gasteiger partial charge in [-0.1, -0.05) is 17.3 Å². The molecular weight excluding hydrogens is 434 g/mol. The second-order valence-electron chi connectivity index (χ2n) is 4.94. The molecule has 25 heavy (non-hydrogen) atoms. The van der Waals surface area contributed by atoms with Crippen LogP contribution >= 0.6 is 27.3 Å². The number of hydrogen-bond acceptors (Lipinski definition) is 7. The molecule has 1 aromatic carbocycles. The Bertz CT molecular complexity index is 1060. The van der Waals surface area contributed by atoms with Gasteiger partial charge in [-0.15, -0.1) is 11.3 Å². The van der Waals surface area contributed by atoms with Gasteiger partial charge in [0.05, 0.1) is 10.6 Å². The Morgan fingerprint density at radius 3 is 2.72 bits per heavy atom. The van der Waals surface area contributed by atoms with Crippen LogP contribution in [-0.2, 0) is 10.0 Å². The van der Waals surface area contributed by atoms with Crippen LogP contribution in [0.5, 0.6) is 0 Å². The van der Waals surface area contributed by atoms with Crippen molar-refractivity contribution in [3.63, 3.8) is 0 Å². The summed E-state index contributed by atoms with van der Waals surface area (Å²) in [6.45, 7) is 1.66. The predicted octanol–water partition coefficient (Wildman–Crippen LogP) is 4.18. The van der Waals surface area contributed by atoms with E-state index in [1.807, 2.05) is 0 Å². The molecule has 0 radical (unpaired) electrons. The Balaban J connectivity index is 1.91. The van der Waals surface area contributed by atoms with Crippen LogP contribution in [0.25, 0.3) is 10.4 Å². The highest BCUT2D eigenvalue weighted by Gasteiger charge is 2.22. The lowest BCUT2D eigenvalue weighted by Crippen LogP contribution is -2.11. The Hall–Kier alpha value is -2.24. The average Bonchev–Trinajstić information content (AvgIpc) is 3.18. The van der Waals surface area contributed by atoms with E-state index in [1.54, 1.807) is 25.1 Å². The van der Waals surface area contributed by atoms with Crippen LogP contribution in [0.15, 0.2) is 49.6 Å². The Kier molecular flexibility index (Phi) is 4.62. The van der Waals surface area contributed by atoms with Crippen LogP contribution in [0.4, 0.5) is 11.6 Å². The monoisotopic (exact) mass is 443 g/mol. The molecule has 130 valence electrons. The minimum atomic E-state index is -3.87. The maximum Gasteiger partial charge on any atom is 0.273 e. The first-order valence-corrected chi connectivity index (χ1v) is 9.86. The molecule has 3 rings (SSSR count). The number of aryl methyl sites for hydroxylation is 1. The number of anilines is 1. The van der Waals surface area contributed by atoms with E-state index in [0.717, 1.165) is 11.3 Å². The van der Waals surface area contributed by atoms with Crippen LogP contribution in [0.1, 0.15) is 5.69 Å². The van der Waals surface area contributed by atoms with Gasteiger partial charge in [0.2, 0.25) is 0 Å². The standard InChI is InChI=1S/C14H10BrN3O5S2/c1-8-13(15)14(23-16-8)17-25(21,22)12-6-5-11(24-12)9-3-2-4-10(7-9)18(19)20/h2-7,17H,1H3. The number of hydrogen-bond donors (Lipinski definition) is 1. The number of thiophene rings is 1. The molecule has 0 aliphatic rings. The Labute approximate surface area is 154 Å². The number of non-ortho nitro benzene ring substituents is 1. The topological polar surface area (TPSA) is 115 Å². The lowest BCUT2D eigenvalue weighted by atomic mass is 10.2. The molecule has 0 unspecified atom stereocenters. The molecule has 8 nitrogen and oxygen atoms in total. The minimum absolute atomic E-state index is 0.0113. The van der Waals surface area contributed by atoms with Gasteiger partial charge in [-0.3, -0.25) is 10.1 Å². The van der Waals surface area contributed by atoms with Gasteiger partial charge in [0.25, 0.3) is 21.6 Å². The normalized spacial score (nSPS) is 11.4. The lowest BCUT2D eigenvalue weighted by molar-refractivity contribution is -0.384. The van der Waals surface area contributed by atoms with Crippen LogP contribution < -0.4 is 4.72 Å². The molecule has 11 heteroatoms. The summed E-state index contributed by atoms with van der Waals surface area (Å²) in [6, 6.07) is 9.02. The van der Waals surface area contributed by atoms with Gasteiger partial charge in [0, 0.05) is 17.0 Å². The summed E-state index contributed by atoms with van der Waals surface area (Å²) in [5.74, 6) is -0.0113. The smallest absolute Gasteiger partial charge is 0.273 e. The first-order valence-electron chi connectivity index (χ1n) is 6.77. The van der Waals surface area contributed by atoms with Gasteiger partial charge in [0.1, 0.15) is 8.68 Å². The van der Waals surface area contributed by atoms with Gasteiger partial charge in [0.15, 0.2) is 0 Å². The maximum absolute atomic E-state index is 12.5. The molecule has 0 saturated carbocycles. The van der Waals surface area contributed by atoms with Gasteiger partial charge in [-0.2, -0.15) is 0 Å². The van der Waals surface area contributed by atoms with Crippen molar-refractivity contribution < 1.29 is 17.9 Å². The average molecular weight is 444 g/mol. The predicted molar refractivity (Wildman–Crippen MR) is 96.2 cm³/mol. The maximum atomic E-state index is 12.5. The third-order valence-corrected chi connectivity index (χ3v) is 7.10. The molecule has 0 saturated heterocycles. The summed E-state index contributed by atoms with van der Waals surface area (Å²) >= 11 is 4.19. The fourth-order valence-electron chi connectivity index (χ4n) is 1.99. The van der Waals surface area contributed by atoms with E-state index in [9.17, 15) is 18.5 Å². The van der Waals surface area contributed by atoms with Gasteiger partial charge < -0.3 is 4.52 Å². The SMILES string of the molecule is Cc1noc(NS(=O)(=O)c2ccc(-c3cccc([N+](=O)[O-])c3)s2)c1Br. The van der Waals surface area contributed by atoms with Crippen LogP contribution in [0, 0.1) is 17.0 Å². The van der Waals surface area contributed by atoms with Crippen molar-refractivity contribution in [2.45, 2.75) is 11.1 Å². The van der Waals surface area contributed by atoms with Crippen molar-refractivity contribution in [1.82, 2.24) is 5.16 Å². The highest BCUT2D eigenvalue weighted by atomic mass is 79.9. The van der Waals surface area contributed by atoms with E-state index >= 15 is 0 Å². The number of nitro benzene ring substituents is 1. The molecule has 0 atom stereocenters. The third kappa shape index (κ3) is 3.57. The highest BCUT2D eigenvalue weighted by molar-refractivity contribution is 9.10. The molecule has 0 aliphatic heterocycles. The van der Waals surface area contributed by atoms with E-state index in [2.05, 4.69) is 25.8 Å². The van der Waals surface area contributed by atoms with Crippen molar-refractivity contribution in [2.75, 3.05) is 4.72 Å². The van der Waals surface area contributed by atoms with Crippen molar-refractivity contribution in [3.8, 4) is 10.4 Å².